The van der Waals surface area contributed by atoms with Crippen molar-refractivity contribution in [3.05, 3.63) is 12.2 Å². The van der Waals surface area contributed by atoms with Crippen molar-refractivity contribution < 1.29 is 0 Å². The van der Waals surface area contributed by atoms with Gasteiger partial charge in [0.25, 0.3) is 0 Å². The van der Waals surface area contributed by atoms with E-state index in [-0.39, 0.29) is 5.54 Å². The summed E-state index contributed by atoms with van der Waals surface area (Å²) in [5, 5.41) is 0. The van der Waals surface area contributed by atoms with Gasteiger partial charge in [-0.2, -0.15) is 0 Å². The van der Waals surface area contributed by atoms with Crippen molar-refractivity contribution in [3.8, 4) is 0 Å². The molecule has 12 heavy (non-hydrogen) atoms. The quantitative estimate of drug-likeness (QED) is 0.625. The molecule has 2 aliphatic carbocycles. The zero-order chi connectivity index (χ0) is 8.60. The summed E-state index contributed by atoms with van der Waals surface area (Å²) in [4.78, 5) is 0. The highest BCUT2D eigenvalue weighted by Crippen LogP contribution is 2.41. The van der Waals surface area contributed by atoms with Crippen molar-refractivity contribution in [1.82, 2.24) is 0 Å². The number of nitrogens with two attached hydrogens (primary N) is 1. The molecule has 2 N–H and O–H groups in total. The molecule has 0 aliphatic heterocycles. The fraction of sp³-hybridized carbons (Fsp3) is 0.818. The monoisotopic (exact) mass is 165 g/mol. The predicted molar refractivity (Wildman–Crippen MR) is 51.8 cm³/mol. The Morgan fingerprint density at radius 3 is 2.42 bits per heavy atom. The largest absolute Gasteiger partial charge is 0.325 e. The van der Waals surface area contributed by atoms with Gasteiger partial charge in [-0.25, -0.2) is 0 Å². The Bertz CT molecular complexity index is 181. The zero-order valence-corrected chi connectivity index (χ0v) is 7.92. The van der Waals surface area contributed by atoms with Crippen LogP contribution in [0.25, 0.3) is 0 Å². The molecule has 1 saturated carbocycles. The average molecular weight is 165 g/mol. The van der Waals surface area contributed by atoms with Crippen LogP contribution in [0, 0.1) is 11.8 Å². The van der Waals surface area contributed by atoms with E-state index in [1.165, 1.54) is 32.1 Å². The van der Waals surface area contributed by atoms with Gasteiger partial charge < -0.3 is 5.73 Å². The van der Waals surface area contributed by atoms with Crippen molar-refractivity contribution in [1.29, 1.82) is 0 Å². The zero-order valence-electron chi connectivity index (χ0n) is 7.92. The van der Waals surface area contributed by atoms with Crippen LogP contribution in [-0.2, 0) is 0 Å². The molecule has 0 aromatic rings. The summed E-state index contributed by atoms with van der Waals surface area (Å²) >= 11 is 0. The maximum atomic E-state index is 6.25. The van der Waals surface area contributed by atoms with Crippen LogP contribution in [0.15, 0.2) is 12.2 Å². The smallest absolute Gasteiger partial charge is 0.0162 e. The molecule has 0 saturated heterocycles. The third kappa shape index (κ3) is 1.56. The van der Waals surface area contributed by atoms with E-state index in [1.54, 1.807) is 0 Å². The molecule has 2 aliphatic rings. The van der Waals surface area contributed by atoms with Gasteiger partial charge in [0, 0.05) is 5.54 Å². The summed E-state index contributed by atoms with van der Waals surface area (Å²) in [5.41, 5.74) is 6.46. The Hall–Kier alpha value is -0.300. The summed E-state index contributed by atoms with van der Waals surface area (Å²) in [6, 6.07) is 0. The molecular weight excluding hydrogens is 146 g/mol. The third-order valence-corrected chi connectivity index (χ3v) is 3.31. The van der Waals surface area contributed by atoms with Crippen LogP contribution in [-0.4, -0.2) is 5.54 Å². The summed E-state index contributed by atoms with van der Waals surface area (Å²) in [7, 11) is 0. The lowest BCUT2D eigenvalue weighted by atomic mass is 9.66. The van der Waals surface area contributed by atoms with E-state index >= 15 is 0 Å². The Morgan fingerprint density at radius 2 is 1.92 bits per heavy atom. The van der Waals surface area contributed by atoms with Crippen molar-refractivity contribution in [2.45, 2.75) is 44.6 Å². The minimum absolute atomic E-state index is 0.218. The normalized spacial score (nSPS) is 41.7. The maximum absolute atomic E-state index is 6.25. The van der Waals surface area contributed by atoms with E-state index in [0.717, 1.165) is 11.8 Å². The molecule has 2 rings (SSSR count). The topological polar surface area (TPSA) is 26.0 Å². The molecule has 68 valence electrons. The SMILES string of the molecule is CC1CC(N)(CC2CC=CC2)C1. The van der Waals surface area contributed by atoms with Gasteiger partial charge in [0.05, 0.1) is 0 Å². The summed E-state index contributed by atoms with van der Waals surface area (Å²) in [5.74, 6) is 1.74. The van der Waals surface area contributed by atoms with Crippen LogP contribution in [0.5, 0.6) is 0 Å². The number of hydrogen-bond donors (Lipinski definition) is 1. The standard InChI is InChI=1S/C11H19N/c1-9-6-11(12,7-9)8-10-4-2-3-5-10/h2-3,9-10H,4-8,12H2,1H3. The first-order chi connectivity index (χ1) is 5.68. The van der Waals surface area contributed by atoms with Crippen LogP contribution in [0.1, 0.15) is 39.0 Å². The minimum Gasteiger partial charge on any atom is -0.325 e. The first-order valence-corrected chi connectivity index (χ1v) is 5.12. The molecule has 0 bridgehead atoms. The van der Waals surface area contributed by atoms with Gasteiger partial charge in [0.1, 0.15) is 0 Å². The van der Waals surface area contributed by atoms with Crippen molar-refractivity contribution in [3.63, 3.8) is 0 Å². The second-order valence-corrected chi connectivity index (χ2v) is 4.89. The van der Waals surface area contributed by atoms with Gasteiger partial charge in [0.2, 0.25) is 0 Å². The van der Waals surface area contributed by atoms with Crippen LogP contribution in [0.4, 0.5) is 0 Å². The Morgan fingerprint density at radius 1 is 1.33 bits per heavy atom. The molecule has 0 radical (unpaired) electrons. The van der Waals surface area contributed by atoms with E-state index < -0.39 is 0 Å². The Kier molecular flexibility index (Phi) is 1.99. The number of hydrogen-bond acceptors (Lipinski definition) is 1. The molecule has 0 amide bonds. The molecule has 1 nitrogen and oxygen atoms in total. The molecule has 0 heterocycles. The van der Waals surface area contributed by atoms with Gasteiger partial charge in [-0.15, -0.1) is 0 Å². The van der Waals surface area contributed by atoms with E-state index in [9.17, 15) is 0 Å². The molecule has 0 aromatic carbocycles. The fourth-order valence-corrected chi connectivity index (χ4v) is 2.91. The van der Waals surface area contributed by atoms with Crippen molar-refractivity contribution in [2.75, 3.05) is 0 Å². The summed E-state index contributed by atoms with van der Waals surface area (Å²) in [6.07, 6.45) is 10.9. The molecular formula is C11H19N. The highest BCUT2D eigenvalue weighted by atomic mass is 14.8. The van der Waals surface area contributed by atoms with E-state index in [4.69, 9.17) is 5.73 Å². The molecule has 0 atom stereocenters. The van der Waals surface area contributed by atoms with Crippen LogP contribution < -0.4 is 5.73 Å². The Labute approximate surface area is 75.0 Å². The van der Waals surface area contributed by atoms with Gasteiger partial charge in [-0.1, -0.05) is 19.1 Å². The lowest BCUT2D eigenvalue weighted by molar-refractivity contribution is 0.130. The lowest BCUT2D eigenvalue weighted by Crippen LogP contribution is -2.51. The first-order valence-electron chi connectivity index (χ1n) is 5.12. The minimum atomic E-state index is 0.218. The van der Waals surface area contributed by atoms with E-state index in [2.05, 4.69) is 19.1 Å². The first kappa shape index (κ1) is 8.31. The maximum Gasteiger partial charge on any atom is 0.0162 e. The highest BCUT2D eigenvalue weighted by Gasteiger charge is 2.39. The average Bonchev–Trinajstić information content (AvgIpc) is 2.36. The summed E-state index contributed by atoms with van der Waals surface area (Å²) in [6.45, 7) is 2.30. The van der Waals surface area contributed by atoms with Crippen LogP contribution in [0.2, 0.25) is 0 Å². The van der Waals surface area contributed by atoms with Gasteiger partial charge in [-0.05, 0) is 43.9 Å². The second kappa shape index (κ2) is 2.88. The van der Waals surface area contributed by atoms with Gasteiger partial charge >= 0.3 is 0 Å². The van der Waals surface area contributed by atoms with Crippen molar-refractivity contribution >= 4 is 0 Å². The lowest BCUT2D eigenvalue weighted by Gasteiger charge is -2.45. The van der Waals surface area contributed by atoms with Crippen molar-refractivity contribution in [2.24, 2.45) is 17.6 Å². The second-order valence-electron chi connectivity index (χ2n) is 4.89. The predicted octanol–water partition coefficient (Wildman–Crippen LogP) is 2.47. The summed E-state index contributed by atoms with van der Waals surface area (Å²) < 4.78 is 0. The molecule has 0 aromatic heterocycles. The van der Waals surface area contributed by atoms with E-state index in [1.807, 2.05) is 0 Å². The third-order valence-electron chi connectivity index (χ3n) is 3.31. The Balaban J connectivity index is 1.79. The molecule has 1 heteroatoms. The fourth-order valence-electron chi connectivity index (χ4n) is 2.91. The van der Waals surface area contributed by atoms with Crippen LogP contribution in [0.3, 0.4) is 0 Å². The number of allylic oxidation sites excluding steroid dienone is 2. The van der Waals surface area contributed by atoms with E-state index in [0.29, 0.717) is 0 Å². The number of rotatable bonds is 2. The van der Waals surface area contributed by atoms with Gasteiger partial charge in [-0.3, -0.25) is 0 Å². The highest BCUT2D eigenvalue weighted by molar-refractivity contribution is 5.02. The molecule has 0 spiro atoms. The molecule has 0 unspecified atom stereocenters. The van der Waals surface area contributed by atoms with Gasteiger partial charge in [0.15, 0.2) is 0 Å². The molecule has 1 fully saturated rings. The van der Waals surface area contributed by atoms with Crippen LogP contribution >= 0.6 is 0 Å².